The number of rotatable bonds is 5. The van der Waals surface area contributed by atoms with Crippen LogP contribution in [0, 0.1) is 12.7 Å². The van der Waals surface area contributed by atoms with Crippen molar-refractivity contribution in [2.45, 2.75) is 13.3 Å². The van der Waals surface area contributed by atoms with E-state index < -0.39 is 11.7 Å². The molecular weight excluding hydrogens is 367 g/mol. The molecule has 0 fully saturated rings. The fraction of sp³-hybridized carbons (Fsp3) is 0.0870. The number of anilines is 1. The van der Waals surface area contributed by atoms with E-state index in [1.807, 2.05) is 61.5 Å². The zero-order valence-electron chi connectivity index (χ0n) is 15.8. The van der Waals surface area contributed by atoms with Gasteiger partial charge in [-0.15, -0.1) is 5.10 Å². The molecule has 4 aromatic rings. The van der Waals surface area contributed by atoms with Crippen LogP contribution in [-0.2, 0) is 6.42 Å². The van der Waals surface area contributed by atoms with E-state index in [2.05, 4.69) is 15.4 Å². The molecule has 0 aliphatic rings. The van der Waals surface area contributed by atoms with E-state index in [9.17, 15) is 9.18 Å². The maximum atomic E-state index is 13.9. The smallest absolute Gasteiger partial charge is 0.295 e. The number of halogens is 1. The summed E-state index contributed by atoms with van der Waals surface area (Å²) in [6, 6.07) is 23.6. The van der Waals surface area contributed by atoms with Gasteiger partial charge in [-0.25, -0.2) is 14.1 Å². The highest BCUT2D eigenvalue weighted by molar-refractivity contribution is 6.01. The number of hydrogen-bond donors (Lipinski definition) is 1. The molecule has 1 amide bonds. The average Bonchev–Trinajstić information content (AvgIpc) is 3.15. The predicted molar refractivity (Wildman–Crippen MR) is 110 cm³/mol. The number of hydrogen-bond acceptors (Lipinski definition) is 3. The average molecular weight is 386 g/mol. The molecule has 0 radical (unpaired) electrons. The first-order valence-corrected chi connectivity index (χ1v) is 9.23. The summed E-state index contributed by atoms with van der Waals surface area (Å²) in [5, 5.41) is 6.94. The second kappa shape index (κ2) is 8.06. The fourth-order valence-electron chi connectivity index (χ4n) is 2.97. The Morgan fingerprint density at radius 3 is 2.38 bits per heavy atom. The highest BCUT2D eigenvalue weighted by atomic mass is 19.1. The summed E-state index contributed by atoms with van der Waals surface area (Å²) >= 11 is 0. The topological polar surface area (TPSA) is 59.8 Å². The molecule has 0 aliphatic carbocycles. The molecule has 0 spiro atoms. The molecule has 4 rings (SSSR count). The Balaban J connectivity index is 1.69. The van der Waals surface area contributed by atoms with Crippen LogP contribution in [-0.4, -0.2) is 20.7 Å². The fourth-order valence-corrected chi connectivity index (χ4v) is 2.97. The second-order valence-electron chi connectivity index (χ2n) is 6.70. The summed E-state index contributed by atoms with van der Waals surface area (Å²) in [7, 11) is 0. The monoisotopic (exact) mass is 386 g/mol. The summed E-state index contributed by atoms with van der Waals surface area (Å²) in [5.41, 5.74) is 3.07. The zero-order chi connectivity index (χ0) is 20.2. The van der Waals surface area contributed by atoms with Crippen molar-refractivity contribution in [2.75, 3.05) is 5.32 Å². The summed E-state index contributed by atoms with van der Waals surface area (Å²) in [6.45, 7) is 2.00. The number of nitrogens with zero attached hydrogens (tertiary/aromatic N) is 3. The molecule has 0 saturated heterocycles. The maximum absolute atomic E-state index is 13.9. The van der Waals surface area contributed by atoms with Gasteiger partial charge in [-0.1, -0.05) is 60.2 Å². The van der Waals surface area contributed by atoms with Gasteiger partial charge in [-0.2, -0.15) is 0 Å². The predicted octanol–water partition coefficient (Wildman–Crippen LogP) is 4.56. The molecule has 0 aliphatic heterocycles. The Kier molecular flexibility index (Phi) is 5.16. The van der Waals surface area contributed by atoms with E-state index >= 15 is 0 Å². The van der Waals surface area contributed by atoms with E-state index in [1.54, 1.807) is 16.8 Å². The first-order chi connectivity index (χ1) is 14.1. The third kappa shape index (κ3) is 4.21. The minimum atomic E-state index is -0.560. The first-order valence-electron chi connectivity index (χ1n) is 9.23. The summed E-state index contributed by atoms with van der Waals surface area (Å²) in [4.78, 5) is 17.1. The van der Waals surface area contributed by atoms with Gasteiger partial charge in [-0.3, -0.25) is 4.79 Å². The van der Waals surface area contributed by atoms with Crippen LogP contribution in [0.4, 0.5) is 10.1 Å². The van der Waals surface area contributed by atoms with E-state index in [0.29, 0.717) is 12.2 Å². The van der Waals surface area contributed by atoms with Crippen molar-refractivity contribution in [3.63, 3.8) is 0 Å². The lowest BCUT2D eigenvalue weighted by atomic mass is 10.1. The molecule has 1 heterocycles. The van der Waals surface area contributed by atoms with Gasteiger partial charge in [0.2, 0.25) is 5.82 Å². The number of para-hydroxylation sites is 1. The third-order valence-electron chi connectivity index (χ3n) is 4.48. The van der Waals surface area contributed by atoms with Crippen LogP contribution in [0.25, 0.3) is 5.69 Å². The molecule has 0 bridgehead atoms. The number of nitrogens with one attached hydrogen (secondary N) is 1. The Morgan fingerprint density at radius 2 is 1.66 bits per heavy atom. The van der Waals surface area contributed by atoms with Crippen LogP contribution < -0.4 is 5.32 Å². The number of benzene rings is 3. The number of carbonyl (C=O) groups excluding carboxylic acids is 1. The van der Waals surface area contributed by atoms with Gasteiger partial charge in [0.25, 0.3) is 5.91 Å². The van der Waals surface area contributed by atoms with Gasteiger partial charge < -0.3 is 5.32 Å². The lowest BCUT2D eigenvalue weighted by Gasteiger charge is -2.06. The number of carbonyl (C=O) groups is 1. The van der Waals surface area contributed by atoms with Crippen molar-refractivity contribution in [1.82, 2.24) is 14.8 Å². The molecule has 5 nitrogen and oxygen atoms in total. The van der Waals surface area contributed by atoms with Crippen LogP contribution in [0.3, 0.4) is 0 Å². The molecule has 6 heteroatoms. The van der Waals surface area contributed by atoms with Crippen LogP contribution in [0.15, 0.2) is 78.9 Å². The third-order valence-corrected chi connectivity index (χ3v) is 4.48. The molecule has 3 aromatic carbocycles. The first kappa shape index (κ1) is 18.6. The summed E-state index contributed by atoms with van der Waals surface area (Å²) in [5.74, 6) is -0.461. The van der Waals surface area contributed by atoms with Gasteiger partial charge in [-0.05, 0) is 36.8 Å². The summed E-state index contributed by atoms with van der Waals surface area (Å²) in [6.07, 6.45) is 0.509. The Hall–Kier alpha value is -3.80. The summed E-state index contributed by atoms with van der Waals surface area (Å²) < 4.78 is 15.5. The molecular formula is C23H19FN4O. The molecule has 0 atom stereocenters. The normalized spacial score (nSPS) is 10.7. The molecule has 0 unspecified atom stereocenters. The van der Waals surface area contributed by atoms with E-state index in [-0.39, 0.29) is 11.5 Å². The quantitative estimate of drug-likeness (QED) is 0.547. The van der Waals surface area contributed by atoms with Crippen LogP contribution in [0.2, 0.25) is 0 Å². The van der Waals surface area contributed by atoms with Gasteiger partial charge in [0.1, 0.15) is 11.6 Å². The van der Waals surface area contributed by atoms with Crippen LogP contribution >= 0.6 is 0 Å². The molecule has 0 saturated carbocycles. The van der Waals surface area contributed by atoms with Gasteiger partial charge in [0.15, 0.2) is 0 Å². The van der Waals surface area contributed by atoms with Gasteiger partial charge in [0.05, 0.1) is 11.4 Å². The van der Waals surface area contributed by atoms with Crippen molar-refractivity contribution in [1.29, 1.82) is 0 Å². The Labute approximate surface area is 167 Å². The van der Waals surface area contributed by atoms with Gasteiger partial charge >= 0.3 is 0 Å². The van der Waals surface area contributed by atoms with Crippen molar-refractivity contribution in [2.24, 2.45) is 0 Å². The molecule has 144 valence electrons. The molecule has 29 heavy (non-hydrogen) atoms. The number of aromatic nitrogens is 3. The minimum Gasteiger partial charge on any atom is -0.317 e. The van der Waals surface area contributed by atoms with Crippen molar-refractivity contribution in [3.05, 3.63) is 107 Å². The van der Waals surface area contributed by atoms with E-state index in [4.69, 9.17) is 0 Å². The highest BCUT2D eigenvalue weighted by Crippen LogP contribution is 2.17. The van der Waals surface area contributed by atoms with Crippen molar-refractivity contribution >= 4 is 11.6 Å². The van der Waals surface area contributed by atoms with E-state index in [1.165, 1.54) is 12.1 Å². The van der Waals surface area contributed by atoms with Gasteiger partial charge in [0, 0.05) is 6.42 Å². The van der Waals surface area contributed by atoms with Crippen molar-refractivity contribution in [3.8, 4) is 5.69 Å². The van der Waals surface area contributed by atoms with Crippen LogP contribution in [0.1, 0.15) is 27.6 Å². The highest BCUT2D eigenvalue weighted by Gasteiger charge is 2.19. The standard InChI is InChI=1S/C23H19FN4O/c1-16-11-13-18(14-12-16)28-21(15-17-7-3-2-4-8-17)26-22(27-28)23(29)25-20-10-6-5-9-19(20)24/h2-14H,15H2,1H3,(H,25,29). The Morgan fingerprint density at radius 1 is 0.966 bits per heavy atom. The molecule has 1 aromatic heterocycles. The van der Waals surface area contributed by atoms with Crippen LogP contribution in [0.5, 0.6) is 0 Å². The zero-order valence-corrected chi connectivity index (χ0v) is 15.8. The largest absolute Gasteiger partial charge is 0.317 e. The lowest BCUT2D eigenvalue weighted by Crippen LogP contribution is -2.15. The Bertz CT molecular complexity index is 1140. The number of aryl methyl sites for hydroxylation is 1. The van der Waals surface area contributed by atoms with E-state index in [0.717, 1.165) is 16.8 Å². The van der Waals surface area contributed by atoms with Crippen molar-refractivity contribution < 1.29 is 9.18 Å². The number of amides is 1. The molecule has 1 N–H and O–H groups in total. The second-order valence-corrected chi connectivity index (χ2v) is 6.70. The lowest BCUT2D eigenvalue weighted by molar-refractivity contribution is 0.101. The SMILES string of the molecule is Cc1ccc(-n2nc(C(=O)Nc3ccccc3F)nc2Cc2ccccc2)cc1. The maximum Gasteiger partial charge on any atom is 0.295 e. The minimum absolute atomic E-state index is 0.0141.